The first-order valence-corrected chi connectivity index (χ1v) is 14.6. The quantitative estimate of drug-likeness (QED) is 0.214. The van der Waals surface area contributed by atoms with Crippen molar-refractivity contribution in [2.24, 2.45) is 0 Å². The van der Waals surface area contributed by atoms with Gasteiger partial charge in [0.1, 0.15) is 17.1 Å². The fourth-order valence-corrected chi connectivity index (χ4v) is 5.90. The van der Waals surface area contributed by atoms with Gasteiger partial charge in [-0.15, -0.1) is 0 Å². The average molecular weight is 551 g/mol. The predicted octanol–water partition coefficient (Wildman–Crippen LogP) is 9.65. The van der Waals surface area contributed by atoms with Crippen LogP contribution in [-0.2, 0) is 10.8 Å². The van der Waals surface area contributed by atoms with Crippen molar-refractivity contribution in [3.8, 4) is 45.1 Å². The third-order valence-electron chi connectivity index (χ3n) is 7.71. The second-order valence-corrected chi connectivity index (χ2v) is 12.9. The maximum atomic E-state index is 5.30. The number of hydrogen-bond donors (Lipinski definition) is 0. The Morgan fingerprint density at radius 3 is 1.74 bits per heavy atom. The number of rotatable bonds is 5. The number of hydrogen-bond acceptors (Lipinski definition) is 2. The normalized spacial score (nSPS) is 12.0. The Morgan fingerprint density at radius 1 is 0.548 bits per heavy atom. The standard InChI is InChI=1S/C38H38N4/c1-37(2,3)31-24-16-23-30(33(31)38(4,5)6)32-25-26-39-42(32)36-34(27-17-10-7-11-18-27)40-41(29-21-14-9-15-22-29)35(36)28-19-12-8-13-20-28/h7-26H,1-6H3. The van der Waals surface area contributed by atoms with Crippen molar-refractivity contribution >= 4 is 0 Å². The first-order chi connectivity index (χ1) is 20.1. The van der Waals surface area contributed by atoms with Crippen LogP contribution in [0.25, 0.3) is 45.1 Å². The Balaban J connectivity index is 1.72. The third kappa shape index (κ3) is 4.98. The van der Waals surface area contributed by atoms with Crippen molar-refractivity contribution in [2.45, 2.75) is 52.4 Å². The molecule has 0 spiro atoms. The van der Waals surface area contributed by atoms with Crippen LogP contribution in [0.5, 0.6) is 0 Å². The summed E-state index contributed by atoms with van der Waals surface area (Å²) < 4.78 is 4.17. The van der Waals surface area contributed by atoms with Gasteiger partial charge in [0, 0.05) is 16.7 Å². The van der Waals surface area contributed by atoms with Gasteiger partial charge >= 0.3 is 0 Å². The molecule has 0 atom stereocenters. The molecule has 0 amide bonds. The minimum absolute atomic E-state index is 0.00787. The summed E-state index contributed by atoms with van der Waals surface area (Å²) in [6.45, 7) is 13.8. The molecule has 0 radical (unpaired) electrons. The maximum Gasteiger partial charge on any atom is 0.120 e. The number of para-hydroxylation sites is 1. The van der Waals surface area contributed by atoms with Gasteiger partial charge in [-0.25, -0.2) is 9.36 Å². The first kappa shape index (κ1) is 27.5. The summed E-state index contributed by atoms with van der Waals surface area (Å²) in [5.74, 6) is 0. The van der Waals surface area contributed by atoms with Crippen molar-refractivity contribution in [3.63, 3.8) is 0 Å². The van der Waals surface area contributed by atoms with Gasteiger partial charge < -0.3 is 0 Å². The predicted molar refractivity (Wildman–Crippen MR) is 174 cm³/mol. The van der Waals surface area contributed by atoms with Crippen LogP contribution in [0.15, 0.2) is 121 Å². The lowest BCUT2D eigenvalue weighted by molar-refractivity contribution is 0.531. The molecule has 0 aliphatic rings. The number of aromatic nitrogens is 4. The minimum atomic E-state index is -0.0763. The van der Waals surface area contributed by atoms with E-state index in [4.69, 9.17) is 10.2 Å². The van der Waals surface area contributed by atoms with Crippen molar-refractivity contribution in [1.29, 1.82) is 0 Å². The molecule has 0 N–H and O–H groups in total. The van der Waals surface area contributed by atoms with Crippen LogP contribution >= 0.6 is 0 Å². The summed E-state index contributed by atoms with van der Waals surface area (Å²) in [6, 6.07) is 40.2. The Labute approximate surface area is 249 Å². The molecule has 42 heavy (non-hydrogen) atoms. The average Bonchev–Trinajstić information content (AvgIpc) is 3.62. The van der Waals surface area contributed by atoms with Gasteiger partial charge in [0.05, 0.1) is 17.6 Å². The SMILES string of the molecule is CC(C)(C)c1cccc(-c2ccnn2-c2c(-c3ccccc3)nn(-c3ccccc3)c2-c2ccccc2)c1C(C)(C)C. The highest BCUT2D eigenvalue weighted by molar-refractivity contribution is 5.84. The molecule has 2 aromatic heterocycles. The smallest absolute Gasteiger partial charge is 0.120 e. The van der Waals surface area contributed by atoms with E-state index in [-0.39, 0.29) is 10.8 Å². The van der Waals surface area contributed by atoms with E-state index < -0.39 is 0 Å². The van der Waals surface area contributed by atoms with Crippen LogP contribution in [0.3, 0.4) is 0 Å². The van der Waals surface area contributed by atoms with Crippen molar-refractivity contribution in [3.05, 3.63) is 133 Å². The molecule has 0 bridgehead atoms. The van der Waals surface area contributed by atoms with Crippen molar-refractivity contribution in [1.82, 2.24) is 19.6 Å². The molecule has 210 valence electrons. The molecule has 6 rings (SSSR count). The number of nitrogens with zero attached hydrogens (tertiary/aromatic N) is 4. The lowest BCUT2D eigenvalue weighted by Crippen LogP contribution is -2.23. The number of benzene rings is 4. The zero-order valence-corrected chi connectivity index (χ0v) is 25.3. The van der Waals surface area contributed by atoms with E-state index in [1.165, 1.54) is 16.7 Å². The first-order valence-electron chi connectivity index (χ1n) is 14.6. The fourth-order valence-electron chi connectivity index (χ4n) is 5.90. The van der Waals surface area contributed by atoms with Crippen LogP contribution in [0.2, 0.25) is 0 Å². The monoisotopic (exact) mass is 550 g/mol. The van der Waals surface area contributed by atoms with E-state index in [0.717, 1.165) is 39.6 Å². The maximum absolute atomic E-state index is 5.30. The summed E-state index contributed by atoms with van der Waals surface area (Å²) in [4.78, 5) is 0. The summed E-state index contributed by atoms with van der Waals surface area (Å²) in [5.41, 5.74) is 10.8. The largest absolute Gasteiger partial charge is 0.230 e. The molecule has 0 saturated carbocycles. The summed E-state index contributed by atoms with van der Waals surface area (Å²) in [7, 11) is 0. The van der Waals surface area contributed by atoms with Crippen LogP contribution in [-0.4, -0.2) is 19.6 Å². The van der Waals surface area contributed by atoms with Gasteiger partial charge in [-0.1, -0.05) is 139 Å². The van der Waals surface area contributed by atoms with Crippen molar-refractivity contribution < 1.29 is 0 Å². The van der Waals surface area contributed by atoms with Crippen LogP contribution in [0, 0.1) is 0 Å². The Kier molecular flexibility index (Phi) is 6.94. The molecule has 0 aliphatic carbocycles. The van der Waals surface area contributed by atoms with Gasteiger partial charge in [-0.3, -0.25) is 0 Å². The van der Waals surface area contributed by atoms with Crippen LogP contribution in [0.4, 0.5) is 0 Å². The van der Waals surface area contributed by atoms with Gasteiger partial charge in [0.15, 0.2) is 0 Å². The molecule has 0 aliphatic heterocycles. The van der Waals surface area contributed by atoms with Crippen LogP contribution < -0.4 is 0 Å². The van der Waals surface area contributed by atoms with Crippen LogP contribution in [0.1, 0.15) is 52.7 Å². The summed E-state index contributed by atoms with van der Waals surface area (Å²) in [6.07, 6.45) is 1.91. The van der Waals surface area contributed by atoms with Gasteiger partial charge in [0.2, 0.25) is 0 Å². The molecule has 0 saturated heterocycles. The molecule has 4 aromatic carbocycles. The second-order valence-electron chi connectivity index (χ2n) is 12.9. The third-order valence-corrected chi connectivity index (χ3v) is 7.71. The zero-order chi connectivity index (χ0) is 29.5. The summed E-state index contributed by atoms with van der Waals surface area (Å²) >= 11 is 0. The van der Waals surface area contributed by atoms with E-state index in [1.807, 2.05) is 18.3 Å². The Bertz CT molecular complexity index is 1810. The van der Waals surface area contributed by atoms with Gasteiger partial charge in [0.25, 0.3) is 0 Å². The Morgan fingerprint density at radius 2 is 1.14 bits per heavy atom. The molecule has 4 nitrogen and oxygen atoms in total. The highest BCUT2D eigenvalue weighted by Gasteiger charge is 2.31. The minimum Gasteiger partial charge on any atom is -0.230 e. The topological polar surface area (TPSA) is 35.6 Å². The van der Waals surface area contributed by atoms with E-state index in [9.17, 15) is 0 Å². The lowest BCUT2D eigenvalue weighted by Gasteiger charge is -2.32. The molecule has 0 fully saturated rings. The van der Waals surface area contributed by atoms with E-state index in [2.05, 4.69) is 154 Å². The highest BCUT2D eigenvalue weighted by Crippen LogP contribution is 2.43. The molecular formula is C38H38N4. The highest BCUT2D eigenvalue weighted by atomic mass is 15.4. The van der Waals surface area contributed by atoms with E-state index in [0.29, 0.717) is 0 Å². The van der Waals surface area contributed by atoms with Gasteiger partial charge in [-0.2, -0.15) is 10.2 Å². The van der Waals surface area contributed by atoms with E-state index >= 15 is 0 Å². The molecule has 2 heterocycles. The summed E-state index contributed by atoms with van der Waals surface area (Å²) in [5, 5.41) is 10.3. The lowest BCUT2D eigenvalue weighted by atomic mass is 9.73. The van der Waals surface area contributed by atoms with Gasteiger partial charge in [-0.05, 0) is 40.2 Å². The molecular weight excluding hydrogens is 512 g/mol. The molecule has 4 heteroatoms. The second kappa shape index (κ2) is 10.6. The zero-order valence-electron chi connectivity index (χ0n) is 25.3. The fraction of sp³-hybridized carbons (Fsp3) is 0.211. The van der Waals surface area contributed by atoms with Crippen molar-refractivity contribution in [2.75, 3.05) is 0 Å². The Hall–Kier alpha value is -4.70. The molecule has 0 unspecified atom stereocenters. The van der Waals surface area contributed by atoms with E-state index in [1.54, 1.807) is 0 Å². The molecule has 6 aromatic rings.